The van der Waals surface area contributed by atoms with E-state index in [9.17, 15) is 9.50 Å². The number of hydrogen-bond donors (Lipinski definition) is 1. The van der Waals surface area contributed by atoms with Gasteiger partial charge in [0.15, 0.2) is 0 Å². The van der Waals surface area contributed by atoms with E-state index in [2.05, 4.69) is 6.08 Å². The van der Waals surface area contributed by atoms with E-state index >= 15 is 0 Å². The zero-order valence-electron chi connectivity index (χ0n) is 10.5. The Morgan fingerprint density at radius 1 is 1.44 bits per heavy atom. The highest BCUT2D eigenvalue weighted by Crippen LogP contribution is 2.27. The number of methoxy groups -OCH3 is 1. The number of ether oxygens (including phenoxy) is 1. The molecule has 0 saturated heterocycles. The Labute approximate surface area is 106 Å². The third-order valence-electron chi connectivity index (χ3n) is 3.19. The molecule has 0 aliphatic carbocycles. The topological polar surface area (TPSA) is 32.7 Å². The van der Waals surface area contributed by atoms with Crippen LogP contribution in [0.25, 0.3) is 0 Å². The van der Waals surface area contributed by atoms with E-state index in [-0.39, 0.29) is 12.4 Å². The first kappa shape index (κ1) is 13.1. The Morgan fingerprint density at radius 2 is 2.28 bits per heavy atom. The third kappa shape index (κ3) is 2.71. The molecule has 0 aromatic heterocycles. The van der Waals surface area contributed by atoms with E-state index in [1.54, 1.807) is 19.2 Å². The van der Waals surface area contributed by atoms with Gasteiger partial charge in [0.25, 0.3) is 0 Å². The van der Waals surface area contributed by atoms with Crippen LogP contribution in [-0.2, 0) is 11.3 Å². The second kappa shape index (κ2) is 5.98. The number of benzene rings is 1. The molecule has 4 heteroatoms. The summed E-state index contributed by atoms with van der Waals surface area (Å²) in [5.41, 5.74) is 2.40. The van der Waals surface area contributed by atoms with Crippen LogP contribution in [0.15, 0.2) is 29.8 Å². The van der Waals surface area contributed by atoms with Crippen LogP contribution in [0, 0.1) is 5.82 Å². The monoisotopic (exact) mass is 251 g/mol. The number of rotatable bonds is 4. The molecule has 0 spiro atoms. The Hall–Kier alpha value is -1.39. The highest BCUT2D eigenvalue weighted by molar-refractivity contribution is 5.56. The van der Waals surface area contributed by atoms with Crippen molar-refractivity contribution in [1.82, 2.24) is 0 Å². The zero-order valence-corrected chi connectivity index (χ0v) is 10.5. The van der Waals surface area contributed by atoms with Crippen LogP contribution in [0.3, 0.4) is 0 Å². The largest absolute Gasteiger partial charge is 0.392 e. The molecule has 1 N–H and O–H groups in total. The van der Waals surface area contributed by atoms with E-state index in [1.807, 2.05) is 4.90 Å². The Morgan fingerprint density at radius 3 is 2.89 bits per heavy atom. The molecule has 0 amide bonds. The molecule has 0 radical (unpaired) electrons. The first-order chi connectivity index (χ1) is 8.76. The average molecular weight is 251 g/mol. The zero-order chi connectivity index (χ0) is 13.0. The molecule has 1 aromatic rings. The average Bonchev–Trinajstić information content (AvgIpc) is 2.40. The number of halogens is 1. The van der Waals surface area contributed by atoms with Crippen molar-refractivity contribution >= 4 is 5.69 Å². The highest BCUT2D eigenvalue weighted by atomic mass is 19.1. The maximum atomic E-state index is 13.9. The van der Waals surface area contributed by atoms with Crippen LogP contribution >= 0.6 is 0 Å². The van der Waals surface area contributed by atoms with E-state index in [0.717, 1.165) is 13.0 Å². The summed E-state index contributed by atoms with van der Waals surface area (Å²) < 4.78 is 19.0. The molecule has 0 saturated carbocycles. The molecule has 18 heavy (non-hydrogen) atoms. The molecule has 0 fully saturated rings. The van der Waals surface area contributed by atoms with Crippen molar-refractivity contribution in [3.05, 3.63) is 41.2 Å². The summed E-state index contributed by atoms with van der Waals surface area (Å²) in [6.45, 7) is 1.91. The van der Waals surface area contributed by atoms with Crippen LogP contribution in [0.5, 0.6) is 0 Å². The first-order valence-electron chi connectivity index (χ1n) is 6.06. The SMILES string of the molecule is COCC1=CCN(c2c(F)cccc2CO)CC1. The number of hydrogen-bond acceptors (Lipinski definition) is 3. The first-order valence-corrected chi connectivity index (χ1v) is 6.06. The molecule has 1 aliphatic rings. The summed E-state index contributed by atoms with van der Waals surface area (Å²) in [5.74, 6) is -0.273. The Kier molecular flexibility index (Phi) is 4.33. The Balaban J connectivity index is 2.19. The quantitative estimate of drug-likeness (QED) is 0.832. The van der Waals surface area contributed by atoms with Gasteiger partial charge in [0.1, 0.15) is 5.82 Å². The molecule has 2 rings (SSSR count). The van der Waals surface area contributed by atoms with Gasteiger partial charge in [-0.1, -0.05) is 18.2 Å². The van der Waals surface area contributed by atoms with Crippen molar-refractivity contribution in [2.75, 3.05) is 31.7 Å². The second-order valence-corrected chi connectivity index (χ2v) is 4.40. The predicted octanol–water partition coefficient (Wildman–Crippen LogP) is 2.10. The van der Waals surface area contributed by atoms with Crippen molar-refractivity contribution < 1.29 is 14.2 Å². The molecule has 98 valence electrons. The van der Waals surface area contributed by atoms with Crippen molar-refractivity contribution in [1.29, 1.82) is 0 Å². The van der Waals surface area contributed by atoms with Crippen LogP contribution in [0.1, 0.15) is 12.0 Å². The number of aliphatic hydroxyl groups is 1. The minimum atomic E-state index is -0.273. The lowest BCUT2D eigenvalue weighted by atomic mass is 10.1. The van der Waals surface area contributed by atoms with Crippen molar-refractivity contribution in [2.45, 2.75) is 13.0 Å². The van der Waals surface area contributed by atoms with Crippen LogP contribution in [0.2, 0.25) is 0 Å². The van der Waals surface area contributed by atoms with Gasteiger partial charge in [0, 0.05) is 25.8 Å². The number of para-hydroxylation sites is 1. The molecular weight excluding hydrogens is 233 g/mol. The van der Waals surface area contributed by atoms with E-state index in [4.69, 9.17) is 4.74 Å². The van der Waals surface area contributed by atoms with Gasteiger partial charge in [-0.05, 0) is 18.1 Å². The molecule has 0 unspecified atom stereocenters. The summed E-state index contributed by atoms with van der Waals surface area (Å²) in [6.07, 6.45) is 2.94. The molecule has 0 bridgehead atoms. The minimum Gasteiger partial charge on any atom is -0.392 e. The molecule has 1 aromatic carbocycles. The summed E-state index contributed by atoms with van der Waals surface area (Å²) in [4.78, 5) is 1.96. The van der Waals surface area contributed by atoms with Gasteiger partial charge >= 0.3 is 0 Å². The number of anilines is 1. The summed E-state index contributed by atoms with van der Waals surface area (Å²) in [5, 5.41) is 9.28. The maximum absolute atomic E-state index is 13.9. The lowest BCUT2D eigenvalue weighted by Gasteiger charge is -2.30. The summed E-state index contributed by atoms with van der Waals surface area (Å²) in [7, 11) is 1.67. The standard InChI is InChI=1S/C14H18FNO2/c1-18-10-11-5-7-16(8-6-11)14-12(9-17)3-2-4-13(14)15/h2-5,17H,6-10H2,1H3. The maximum Gasteiger partial charge on any atom is 0.146 e. The minimum absolute atomic E-state index is 0.141. The van der Waals surface area contributed by atoms with E-state index < -0.39 is 0 Å². The Bertz CT molecular complexity index is 445. The lowest BCUT2D eigenvalue weighted by Crippen LogP contribution is -2.31. The normalized spacial score (nSPS) is 15.7. The molecule has 3 nitrogen and oxygen atoms in total. The molecule has 1 aliphatic heterocycles. The third-order valence-corrected chi connectivity index (χ3v) is 3.19. The van der Waals surface area contributed by atoms with Crippen molar-refractivity contribution in [3.63, 3.8) is 0 Å². The van der Waals surface area contributed by atoms with Crippen LogP contribution in [0.4, 0.5) is 10.1 Å². The van der Waals surface area contributed by atoms with Gasteiger partial charge in [0.2, 0.25) is 0 Å². The fraction of sp³-hybridized carbons (Fsp3) is 0.429. The molecule has 1 heterocycles. The van der Waals surface area contributed by atoms with Gasteiger partial charge in [-0.25, -0.2) is 4.39 Å². The number of nitrogens with zero attached hydrogens (tertiary/aromatic N) is 1. The summed E-state index contributed by atoms with van der Waals surface area (Å²) >= 11 is 0. The highest BCUT2D eigenvalue weighted by Gasteiger charge is 2.18. The van der Waals surface area contributed by atoms with E-state index in [0.29, 0.717) is 24.4 Å². The van der Waals surface area contributed by atoms with Gasteiger partial charge in [0.05, 0.1) is 18.9 Å². The van der Waals surface area contributed by atoms with Gasteiger partial charge in [-0.15, -0.1) is 0 Å². The van der Waals surface area contributed by atoms with Gasteiger partial charge in [-0.2, -0.15) is 0 Å². The lowest BCUT2D eigenvalue weighted by molar-refractivity contribution is 0.222. The smallest absolute Gasteiger partial charge is 0.146 e. The van der Waals surface area contributed by atoms with Gasteiger partial charge < -0.3 is 14.7 Å². The van der Waals surface area contributed by atoms with Crippen molar-refractivity contribution in [3.8, 4) is 0 Å². The van der Waals surface area contributed by atoms with Crippen LogP contribution in [-0.4, -0.2) is 31.9 Å². The van der Waals surface area contributed by atoms with E-state index in [1.165, 1.54) is 11.6 Å². The van der Waals surface area contributed by atoms with Crippen molar-refractivity contribution in [2.24, 2.45) is 0 Å². The number of aliphatic hydroxyl groups excluding tert-OH is 1. The van der Waals surface area contributed by atoms with Gasteiger partial charge in [-0.3, -0.25) is 0 Å². The molecular formula is C14H18FNO2. The predicted molar refractivity (Wildman–Crippen MR) is 69.1 cm³/mol. The second-order valence-electron chi connectivity index (χ2n) is 4.40. The van der Waals surface area contributed by atoms with Crippen LogP contribution < -0.4 is 4.90 Å². The fourth-order valence-corrected chi connectivity index (χ4v) is 2.27. The summed E-state index contributed by atoms with van der Waals surface area (Å²) in [6, 6.07) is 4.82. The molecule has 0 atom stereocenters. The fourth-order valence-electron chi connectivity index (χ4n) is 2.27.